The predicted molar refractivity (Wildman–Crippen MR) is 71.2 cm³/mol. The third-order valence-electron chi connectivity index (χ3n) is 2.70. The van der Waals surface area contributed by atoms with Gasteiger partial charge in [-0.2, -0.15) is 0 Å². The molecule has 0 fully saturated rings. The number of nitrogens with two attached hydrogens (primary N) is 1. The van der Waals surface area contributed by atoms with Crippen LogP contribution in [-0.2, 0) is 0 Å². The summed E-state index contributed by atoms with van der Waals surface area (Å²) in [7, 11) is 0. The van der Waals surface area contributed by atoms with Gasteiger partial charge in [-0.1, -0.05) is 43.9 Å². The molecule has 3 heteroatoms. The van der Waals surface area contributed by atoms with Gasteiger partial charge in [0.2, 0.25) is 0 Å². The lowest BCUT2D eigenvalue weighted by Crippen LogP contribution is -2.10. The minimum absolute atomic E-state index is 0. The monoisotopic (exact) mass is 243 g/mol. The van der Waals surface area contributed by atoms with Crippen molar-refractivity contribution in [2.75, 3.05) is 0 Å². The van der Waals surface area contributed by atoms with Crippen LogP contribution in [0.25, 0.3) is 0 Å². The lowest BCUT2D eigenvalue weighted by atomic mass is 9.99. The van der Waals surface area contributed by atoms with Crippen molar-refractivity contribution in [3.63, 3.8) is 0 Å². The van der Waals surface area contributed by atoms with E-state index in [9.17, 15) is 5.11 Å². The molecule has 1 aromatic carbocycles. The van der Waals surface area contributed by atoms with E-state index in [0.717, 1.165) is 24.0 Å². The highest BCUT2D eigenvalue weighted by Gasteiger charge is 2.10. The molecule has 0 aliphatic heterocycles. The average Bonchev–Trinajstić information content (AvgIpc) is 2.22. The van der Waals surface area contributed by atoms with Crippen LogP contribution >= 0.6 is 12.4 Å². The molecule has 1 atom stereocenters. The summed E-state index contributed by atoms with van der Waals surface area (Å²) in [4.78, 5) is 0. The normalized spacial score (nSPS) is 11.9. The number of halogens is 1. The fourth-order valence-electron chi connectivity index (χ4n) is 1.74. The highest BCUT2D eigenvalue weighted by molar-refractivity contribution is 5.85. The average molecular weight is 244 g/mol. The second kappa shape index (κ2) is 7.53. The Morgan fingerprint density at radius 1 is 1.31 bits per heavy atom. The van der Waals surface area contributed by atoms with Crippen molar-refractivity contribution in [3.05, 3.63) is 29.3 Å². The first-order chi connectivity index (χ1) is 7.15. The zero-order valence-electron chi connectivity index (χ0n) is 10.1. The Morgan fingerprint density at radius 3 is 2.62 bits per heavy atom. The third kappa shape index (κ3) is 4.42. The van der Waals surface area contributed by atoms with Gasteiger partial charge in [-0.05, 0) is 19.4 Å². The van der Waals surface area contributed by atoms with Crippen LogP contribution in [0, 0.1) is 6.92 Å². The molecule has 92 valence electrons. The molecular formula is C13H22ClNO. The first-order valence-electron chi connectivity index (χ1n) is 5.70. The summed E-state index contributed by atoms with van der Waals surface area (Å²) in [5.41, 5.74) is 8.07. The second-order valence-electron chi connectivity index (χ2n) is 4.16. The zero-order chi connectivity index (χ0) is 11.3. The maximum atomic E-state index is 9.68. The van der Waals surface area contributed by atoms with Gasteiger partial charge in [0.25, 0.3) is 0 Å². The Bertz CT molecular complexity index is 315. The third-order valence-corrected chi connectivity index (χ3v) is 2.70. The van der Waals surface area contributed by atoms with Gasteiger partial charge in [0.05, 0.1) is 0 Å². The largest absolute Gasteiger partial charge is 0.508 e. The quantitative estimate of drug-likeness (QED) is 0.775. The van der Waals surface area contributed by atoms with Crippen LogP contribution in [-0.4, -0.2) is 5.11 Å². The van der Waals surface area contributed by atoms with Crippen molar-refractivity contribution in [1.29, 1.82) is 0 Å². The number of rotatable bonds is 5. The molecule has 16 heavy (non-hydrogen) atoms. The summed E-state index contributed by atoms with van der Waals surface area (Å²) in [5, 5.41) is 9.68. The van der Waals surface area contributed by atoms with E-state index in [0.29, 0.717) is 5.75 Å². The number of hydrogen-bond acceptors (Lipinski definition) is 2. The van der Waals surface area contributed by atoms with Crippen LogP contribution in [0.2, 0.25) is 0 Å². The number of unbranched alkanes of at least 4 members (excludes halogenated alkanes) is 2. The van der Waals surface area contributed by atoms with Gasteiger partial charge < -0.3 is 10.8 Å². The summed E-state index contributed by atoms with van der Waals surface area (Å²) in [6.45, 7) is 4.19. The molecule has 0 heterocycles. The summed E-state index contributed by atoms with van der Waals surface area (Å²) in [6, 6.07) is 5.57. The molecule has 1 rings (SSSR count). The number of phenols is 1. The van der Waals surface area contributed by atoms with Gasteiger partial charge in [-0.3, -0.25) is 0 Å². The molecule has 0 spiro atoms. The van der Waals surface area contributed by atoms with E-state index in [-0.39, 0.29) is 18.4 Å². The molecule has 0 aliphatic carbocycles. The van der Waals surface area contributed by atoms with Crippen molar-refractivity contribution in [2.45, 2.75) is 45.6 Å². The Hall–Kier alpha value is -0.730. The summed E-state index contributed by atoms with van der Waals surface area (Å²) in [6.07, 6.45) is 4.49. The Labute approximate surface area is 104 Å². The van der Waals surface area contributed by atoms with E-state index >= 15 is 0 Å². The predicted octanol–water partition coefficient (Wildman–Crippen LogP) is 3.70. The zero-order valence-corrected chi connectivity index (χ0v) is 10.9. The van der Waals surface area contributed by atoms with Crippen molar-refractivity contribution in [2.24, 2.45) is 5.73 Å². The van der Waals surface area contributed by atoms with Crippen LogP contribution in [0.15, 0.2) is 18.2 Å². The van der Waals surface area contributed by atoms with Gasteiger partial charge in [-0.15, -0.1) is 12.4 Å². The number of benzene rings is 1. The van der Waals surface area contributed by atoms with E-state index in [1.54, 1.807) is 6.07 Å². The lowest BCUT2D eigenvalue weighted by Gasteiger charge is -2.14. The van der Waals surface area contributed by atoms with E-state index in [1.807, 2.05) is 19.1 Å². The van der Waals surface area contributed by atoms with E-state index < -0.39 is 0 Å². The molecule has 0 amide bonds. The SMILES string of the molecule is CCCCC[C@H](N)c1cc(C)ccc1O.Cl. The number of aromatic hydroxyl groups is 1. The highest BCUT2D eigenvalue weighted by Crippen LogP contribution is 2.26. The van der Waals surface area contributed by atoms with Crippen LogP contribution in [0.3, 0.4) is 0 Å². The molecule has 0 aliphatic rings. The Balaban J connectivity index is 0.00000225. The maximum Gasteiger partial charge on any atom is 0.120 e. The van der Waals surface area contributed by atoms with Crippen LogP contribution in [0.4, 0.5) is 0 Å². The van der Waals surface area contributed by atoms with E-state index in [1.165, 1.54) is 12.8 Å². The molecular weight excluding hydrogens is 222 g/mol. The van der Waals surface area contributed by atoms with Gasteiger partial charge in [0.1, 0.15) is 5.75 Å². The molecule has 2 nitrogen and oxygen atoms in total. The van der Waals surface area contributed by atoms with Crippen LogP contribution in [0.1, 0.15) is 49.8 Å². The first kappa shape index (κ1) is 15.3. The van der Waals surface area contributed by atoms with Gasteiger partial charge in [-0.25, -0.2) is 0 Å². The van der Waals surface area contributed by atoms with Gasteiger partial charge in [0.15, 0.2) is 0 Å². The van der Waals surface area contributed by atoms with Crippen LogP contribution in [0.5, 0.6) is 5.75 Å². The summed E-state index contributed by atoms with van der Waals surface area (Å²) in [5.74, 6) is 0.324. The highest BCUT2D eigenvalue weighted by atomic mass is 35.5. The Kier molecular flexibility index (Phi) is 7.18. The number of aryl methyl sites for hydroxylation is 1. The Morgan fingerprint density at radius 2 is 2.00 bits per heavy atom. The van der Waals surface area contributed by atoms with Crippen molar-refractivity contribution < 1.29 is 5.11 Å². The fourth-order valence-corrected chi connectivity index (χ4v) is 1.74. The van der Waals surface area contributed by atoms with Crippen molar-refractivity contribution >= 4 is 12.4 Å². The molecule has 0 radical (unpaired) electrons. The molecule has 0 unspecified atom stereocenters. The molecule has 0 aromatic heterocycles. The molecule has 0 saturated heterocycles. The smallest absolute Gasteiger partial charge is 0.120 e. The standard InChI is InChI=1S/C13H21NO.ClH/c1-3-4-5-6-12(14)11-9-10(2)7-8-13(11)15;/h7-9,12,15H,3-6,14H2,1-2H3;1H/t12-;/m0./s1. The minimum atomic E-state index is -0.0311. The number of hydrogen-bond donors (Lipinski definition) is 2. The molecule has 3 N–H and O–H groups in total. The fraction of sp³-hybridized carbons (Fsp3) is 0.538. The first-order valence-corrected chi connectivity index (χ1v) is 5.70. The van der Waals surface area contributed by atoms with Crippen molar-refractivity contribution in [3.8, 4) is 5.75 Å². The second-order valence-corrected chi connectivity index (χ2v) is 4.16. The topological polar surface area (TPSA) is 46.2 Å². The van der Waals surface area contributed by atoms with Crippen molar-refractivity contribution in [1.82, 2.24) is 0 Å². The summed E-state index contributed by atoms with van der Waals surface area (Å²) < 4.78 is 0. The van der Waals surface area contributed by atoms with E-state index in [4.69, 9.17) is 5.73 Å². The lowest BCUT2D eigenvalue weighted by molar-refractivity contribution is 0.455. The molecule has 1 aromatic rings. The maximum absolute atomic E-state index is 9.68. The van der Waals surface area contributed by atoms with Gasteiger partial charge in [0, 0.05) is 11.6 Å². The number of phenolic OH excluding ortho intramolecular Hbond substituents is 1. The molecule has 0 saturated carbocycles. The molecule has 0 bridgehead atoms. The summed E-state index contributed by atoms with van der Waals surface area (Å²) >= 11 is 0. The van der Waals surface area contributed by atoms with E-state index in [2.05, 4.69) is 6.92 Å². The van der Waals surface area contributed by atoms with Crippen LogP contribution < -0.4 is 5.73 Å². The minimum Gasteiger partial charge on any atom is -0.508 e. The van der Waals surface area contributed by atoms with Gasteiger partial charge >= 0.3 is 0 Å².